The summed E-state index contributed by atoms with van der Waals surface area (Å²) in [5.74, 6) is -0.517. The van der Waals surface area contributed by atoms with Gasteiger partial charge in [0.15, 0.2) is 0 Å². The van der Waals surface area contributed by atoms with Crippen molar-refractivity contribution < 1.29 is 19.4 Å². The lowest BCUT2D eigenvalue weighted by atomic mass is 10.0. The van der Waals surface area contributed by atoms with Crippen molar-refractivity contribution in [3.8, 4) is 5.75 Å². The number of hydrogen-bond donors (Lipinski definition) is 1. The van der Waals surface area contributed by atoms with Gasteiger partial charge in [-0.1, -0.05) is 19.1 Å². The Labute approximate surface area is 123 Å². The summed E-state index contributed by atoms with van der Waals surface area (Å²) >= 11 is 0. The molecule has 1 aliphatic rings. The number of carbonyl (C=O) groups excluding carboxylic acids is 1. The lowest BCUT2D eigenvalue weighted by Gasteiger charge is -2.21. The van der Waals surface area contributed by atoms with Crippen LogP contribution in [0.4, 0.5) is 0 Å². The molecule has 1 N–H and O–H groups in total. The lowest BCUT2D eigenvalue weighted by Crippen LogP contribution is -2.42. The molecule has 1 fully saturated rings. The first kappa shape index (κ1) is 15.1. The normalized spacial score (nSPS) is 21.7. The summed E-state index contributed by atoms with van der Waals surface area (Å²) in [5.41, 5.74) is 0.835. The first-order valence-electron chi connectivity index (χ1n) is 6.88. The molecule has 1 saturated heterocycles. The largest absolute Gasteiger partial charge is 0.497 e. The third kappa shape index (κ3) is 3.42. The molecule has 2 atom stereocenters. The number of aliphatic carboxylic acids is 1. The minimum atomic E-state index is -0.942. The fourth-order valence-electron chi connectivity index (χ4n) is 2.58. The minimum Gasteiger partial charge on any atom is -0.497 e. The Morgan fingerprint density at radius 3 is 2.86 bits per heavy atom. The Bertz CT molecular complexity index is 567. The van der Waals surface area contributed by atoms with Gasteiger partial charge in [0.1, 0.15) is 11.8 Å². The molecule has 1 amide bonds. The lowest BCUT2D eigenvalue weighted by molar-refractivity contribution is -0.147. The van der Waals surface area contributed by atoms with Crippen molar-refractivity contribution >= 4 is 18.0 Å². The van der Waals surface area contributed by atoms with Gasteiger partial charge in [0.2, 0.25) is 5.91 Å². The van der Waals surface area contributed by atoms with Crippen LogP contribution in [0.1, 0.15) is 18.9 Å². The predicted octanol–water partition coefficient (Wildman–Crippen LogP) is 2.03. The highest BCUT2D eigenvalue weighted by molar-refractivity contribution is 5.94. The number of carbonyl (C=O) groups is 2. The van der Waals surface area contributed by atoms with Gasteiger partial charge in [-0.05, 0) is 36.1 Å². The highest BCUT2D eigenvalue weighted by Crippen LogP contribution is 2.24. The SMILES string of the molecule is COc1cccc(/C=C/C(=O)N2CCC(C)C2C(=O)O)c1. The number of amides is 1. The van der Waals surface area contributed by atoms with Crippen molar-refractivity contribution in [2.75, 3.05) is 13.7 Å². The van der Waals surface area contributed by atoms with E-state index in [1.54, 1.807) is 13.2 Å². The molecule has 0 aliphatic carbocycles. The molecule has 1 heterocycles. The Kier molecular flexibility index (Phi) is 4.62. The zero-order chi connectivity index (χ0) is 15.4. The zero-order valence-electron chi connectivity index (χ0n) is 12.2. The summed E-state index contributed by atoms with van der Waals surface area (Å²) in [6.07, 6.45) is 3.81. The van der Waals surface area contributed by atoms with Gasteiger partial charge in [-0.15, -0.1) is 0 Å². The molecule has 2 rings (SSSR count). The topological polar surface area (TPSA) is 66.8 Å². The summed E-state index contributed by atoms with van der Waals surface area (Å²) in [6, 6.07) is 6.59. The summed E-state index contributed by atoms with van der Waals surface area (Å²) in [6.45, 7) is 2.34. The number of nitrogens with zero attached hydrogens (tertiary/aromatic N) is 1. The van der Waals surface area contributed by atoms with Gasteiger partial charge in [0.25, 0.3) is 0 Å². The van der Waals surface area contributed by atoms with E-state index in [9.17, 15) is 14.7 Å². The van der Waals surface area contributed by atoms with Crippen LogP contribution in [-0.4, -0.2) is 41.6 Å². The van der Waals surface area contributed by atoms with Gasteiger partial charge in [0.05, 0.1) is 7.11 Å². The van der Waals surface area contributed by atoms with Crippen molar-refractivity contribution in [1.82, 2.24) is 4.90 Å². The van der Waals surface area contributed by atoms with E-state index in [-0.39, 0.29) is 11.8 Å². The Morgan fingerprint density at radius 1 is 1.43 bits per heavy atom. The molecule has 0 aromatic heterocycles. The van der Waals surface area contributed by atoms with Crippen molar-refractivity contribution in [1.29, 1.82) is 0 Å². The van der Waals surface area contributed by atoms with Gasteiger partial charge in [-0.3, -0.25) is 4.79 Å². The van der Waals surface area contributed by atoms with Crippen LogP contribution in [0.15, 0.2) is 30.3 Å². The van der Waals surface area contributed by atoms with Gasteiger partial charge < -0.3 is 14.7 Å². The van der Waals surface area contributed by atoms with Crippen LogP contribution < -0.4 is 4.74 Å². The first-order valence-corrected chi connectivity index (χ1v) is 6.88. The number of likely N-dealkylation sites (tertiary alicyclic amines) is 1. The first-order chi connectivity index (χ1) is 10.0. The van der Waals surface area contributed by atoms with E-state index in [1.807, 2.05) is 31.2 Å². The molecule has 0 spiro atoms. The molecule has 5 heteroatoms. The number of methoxy groups -OCH3 is 1. The Morgan fingerprint density at radius 2 is 2.19 bits per heavy atom. The summed E-state index contributed by atoms with van der Waals surface area (Å²) < 4.78 is 5.12. The number of benzene rings is 1. The number of ether oxygens (including phenoxy) is 1. The van der Waals surface area contributed by atoms with Crippen LogP contribution in [0.3, 0.4) is 0 Å². The quantitative estimate of drug-likeness (QED) is 0.861. The fraction of sp³-hybridized carbons (Fsp3) is 0.375. The maximum atomic E-state index is 12.2. The third-order valence-electron chi connectivity index (χ3n) is 3.75. The maximum absolute atomic E-state index is 12.2. The molecule has 1 aromatic carbocycles. The van der Waals surface area contributed by atoms with Crippen molar-refractivity contribution in [3.63, 3.8) is 0 Å². The van der Waals surface area contributed by atoms with Crippen molar-refractivity contribution in [2.45, 2.75) is 19.4 Å². The average Bonchev–Trinajstić information content (AvgIpc) is 2.87. The van der Waals surface area contributed by atoms with E-state index in [4.69, 9.17) is 4.74 Å². The van der Waals surface area contributed by atoms with Gasteiger partial charge >= 0.3 is 5.97 Å². The second-order valence-electron chi connectivity index (χ2n) is 5.19. The Balaban J connectivity index is 2.10. The third-order valence-corrected chi connectivity index (χ3v) is 3.75. The molecular weight excluding hydrogens is 270 g/mol. The van der Waals surface area contributed by atoms with Crippen LogP contribution in [0.5, 0.6) is 5.75 Å². The molecule has 5 nitrogen and oxygen atoms in total. The van der Waals surface area contributed by atoms with E-state index in [0.29, 0.717) is 12.3 Å². The maximum Gasteiger partial charge on any atom is 0.326 e. The average molecular weight is 289 g/mol. The molecule has 0 saturated carbocycles. The molecular formula is C16H19NO4. The molecule has 1 aliphatic heterocycles. The van der Waals surface area contributed by atoms with Gasteiger partial charge in [0, 0.05) is 12.6 Å². The minimum absolute atomic E-state index is 0.0170. The van der Waals surface area contributed by atoms with Crippen LogP contribution in [0, 0.1) is 5.92 Å². The fourth-order valence-corrected chi connectivity index (χ4v) is 2.58. The van der Waals surface area contributed by atoms with E-state index in [1.165, 1.54) is 11.0 Å². The second kappa shape index (κ2) is 6.43. The van der Waals surface area contributed by atoms with Crippen LogP contribution >= 0.6 is 0 Å². The van der Waals surface area contributed by atoms with E-state index < -0.39 is 12.0 Å². The molecule has 0 bridgehead atoms. The highest BCUT2D eigenvalue weighted by atomic mass is 16.5. The molecule has 21 heavy (non-hydrogen) atoms. The summed E-state index contributed by atoms with van der Waals surface area (Å²) in [4.78, 5) is 24.8. The Hall–Kier alpha value is -2.30. The summed E-state index contributed by atoms with van der Waals surface area (Å²) in [7, 11) is 1.58. The molecule has 112 valence electrons. The number of carboxylic acids is 1. The monoisotopic (exact) mass is 289 g/mol. The highest BCUT2D eigenvalue weighted by Gasteiger charge is 2.38. The van der Waals surface area contributed by atoms with Crippen LogP contribution in [0.25, 0.3) is 6.08 Å². The van der Waals surface area contributed by atoms with E-state index in [0.717, 1.165) is 12.0 Å². The molecule has 1 aromatic rings. The van der Waals surface area contributed by atoms with E-state index in [2.05, 4.69) is 0 Å². The summed E-state index contributed by atoms with van der Waals surface area (Å²) in [5, 5.41) is 9.22. The van der Waals surface area contributed by atoms with Crippen molar-refractivity contribution in [2.24, 2.45) is 5.92 Å². The molecule has 0 radical (unpaired) electrons. The number of carboxylic acid groups (broad SMARTS) is 1. The van der Waals surface area contributed by atoms with Gasteiger partial charge in [-0.25, -0.2) is 4.79 Å². The molecule has 2 unspecified atom stereocenters. The second-order valence-corrected chi connectivity index (χ2v) is 5.19. The smallest absolute Gasteiger partial charge is 0.326 e. The van der Waals surface area contributed by atoms with Crippen LogP contribution in [-0.2, 0) is 9.59 Å². The zero-order valence-corrected chi connectivity index (χ0v) is 12.2. The standard InChI is InChI=1S/C16H19NO4/c1-11-8-9-17(15(11)16(19)20)14(18)7-6-12-4-3-5-13(10-12)21-2/h3-7,10-11,15H,8-9H2,1-2H3,(H,19,20)/b7-6+. The predicted molar refractivity (Wildman–Crippen MR) is 78.9 cm³/mol. The number of rotatable bonds is 4. The number of hydrogen-bond acceptors (Lipinski definition) is 3. The van der Waals surface area contributed by atoms with E-state index >= 15 is 0 Å². The van der Waals surface area contributed by atoms with Crippen molar-refractivity contribution in [3.05, 3.63) is 35.9 Å². The van der Waals surface area contributed by atoms with Crippen LogP contribution in [0.2, 0.25) is 0 Å². The van der Waals surface area contributed by atoms with Gasteiger partial charge in [-0.2, -0.15) is 0 Å².